The molecule has 0 saturated carbocycles. The van der Waals surface area contributed by atoms with Crippen molar-refractivity contribution in [2.75, 3.05) is 0 Å². The van der Waals surface area contributed by atoms with Crippen molar-refractivity contribution in [3.05, 3.63) is 70.0 Å². The maximum Gasteiger partial charge on any atom is 0.195 e. The Morgan fingerprint density at radius 1 is 1.00 bits per heavy atom. The lowest BCUT2D eigenvalue weighted by Crippen LogP contribution is -2.09. The molecule has 0 radical (unpaired) electrons. The number of rotatable bonds is 3. The second kappa shape index (κ2) is 5.45. The number of hydrogen-bond acceptors (Lipinski definition) is 1. The Kier molecular flexibility index (Phi) is 3.90. The van der Waals surface area contributed by atoms with Gasteiger partial charge in [-0.25, -0.2) is 13.2 Å². The molecule has 0 bridgehead atoms. The van der Waals surface area contributed by atoms with Crippen LogP contribution in [0.3, 0.4) is 0 Å². The van der Waals surface area contributed by atoms with Crippen molar-refractivity contribution in [3.63, 3.8) is 0 Å². The average molecular weight is 285 g/mol. The third-order valence-corrected chi connectivity index (χ3v) is 3.01. The molecule has 0 saturated heterocycles. The predicted octanol–water partition coefficient (Wildman–Crippen LogP) is 4.18. The third-order valence-electron chi connectivity index (χ3n) is 2.64. The van der Waals surface area contributed by atoms with Gasteiger partial charge in [0.1, 0.15) is 0 Å². The van der Waals surface area contributed by atoms with Gasteiger partial charge in [-0.3, -0.25) is 4.79 Å². The van der Waals surface area contributed by atoms with Crippen LogP contribution in [0.2, 0.25) is 5.02 Å². The fraction of sp³-hybridized carbons (Fsp3) is 0.0714. The lowest BCUT2D eigenvalue weighted by molar-refractivity contribution is 0.0988. The Labute approximate surface area is 112 Å². The van der Waals surface area contributed by atoms with Crippen molar-refractivity contribution in [1.29, 1.82) is 0 Å². The van der Waals surface area contributed by atoms with Crippen molar-refractivity contribution >= 4 is 17.4 Å². The standard InChI is InChI=1S/C14H8ClF3O/c15-10-4-2-1-3-8(10)7-12(19)9-5-6-11(16)14(18)13(9)17/h1-6H,7H2. The minimum atomic E-state index is -1.65. The van der Waals surface area contributed by atoms with Crippen molar-refractivity contribution in [2.45, 2.75) is 6.42 Å². The fourth-order valence-corrected chi connectivity index (χ4v) is 1.85. The van der Waals surface area contributed by atoms with Gasteiger partial charge in [-0.2, -0.15) is 0 Å². The summed E-state index contributed by atoms with van der Waals surface area (Å²) in [7, 11) is 0. The molecule has 5 heteroatoms. The lowest BCUT2D eigenvalue weighted by Gasteiger charge is -2.05. The van der Waals surface area contributed by atoms with Gasteiger partial charge in [0.15, 0.2) is 23.2 Å². The molecular formula is C14H8ClF3O. The summed E-state index contributed by atoms with van der Waals surface area (Å²) in [4.78, 5) is 11.9. The van der Waals surface area contributed by atoms with Crippen LogP contribution in [-0.4, -0.2) is 5.78 Å². The molecule has 0 fully saturated rings. The van der Waals surface area contributed by atoms with Crippen LogP contribution >= 0.6 is 11.6 Å². The highest BCUT2D eigenvalue weighted by atomic mass is 35.5. The summed E-state index contributed by atoms with van der Waals surface area (Å²) in [6.07, 6.45) is -0.179. The van der Waals surface area contributed by atoms with E-state index in [4.69, 9.17) is 11.6 Å². The summed E-state index contributed by atoms with van der Waals surface area (Å²) >= 11 is 5.87. The fourth-order valence-electron chi connectivity index (χ4n) is 1.65. The van der Waals surface area contributed by atoms with Crippen LogP contribution in [-0.2, 0) is 6.42 Å². The van der Waals surface area contributed by atoms with E-state index < -0.39 is 28.8 Å². The van der Waals surface area contributed by atoms with E-state index in [1.54, 1.807) is 24.3 Å². The van der Waals surface area contributed by atoms with Crippen LogP contribution in [0.25, 0.3) is 0 Å². The predicted molar refractivity (Wildman–Crippen MR) is 65.8 cm³/mol. The molecule has 0 amide bonds. The first kappa shape index (κ1) is 13.6. The maximum atomic E-state index is 13.4. The Balaban J connectivity index is 2.31. The van der Waals surface area contributed by atoms with E-state index >= 15 is 0 Å². The number of hydrogen-bond donors (Lipinski definition) is 0. The molecule has 2 aromatic carbocycles. The van der Waals surface area contributed by atoms with Crippen molar-refractivity contribution in [3.8, 4) is 0 Å². The quantitative estimate of drug-likeness (QED) is 0.610. The van der Waals surface area contributed by atoms with Crippen molar-refractivity contribution < 1.29 is 18.0 Å². The van der Waals surface area contributed by atoms with E-state index in [-0.39, 0.29) is 6.42 Å². The summed E-state index contributed by atoms with van der Waals surface area (Å²) in [5.74, 6) is -5.11. The molecule has 1 nitrogen and oxygen atoms in total. The summed E-state index contributed by atoms with van der Waals surface area (Å²) in [6, 6.07) is 8.21. The number of carbonyl (C=O) groups excluding carboxylic acids is 1. The minimum absolute atomic E-state index is 0.179. The first-order valence-electron chi connectivity index (χ1n) is 5.41. The summed E-state index contributed by atoms with van der Waals surface area (Å²) < 4.78 is 39.3. The first-order chi connectivity index (χ1) is 9.00. The molecular weight excluding hydrogens is 277 g/mol. The monoisotopic (exact) mass is 284 g/mol. The molecule has 0 aliphatic rings. The molecule has 0 aromatic heterocycles. The SMILES string of the molecule is O=C(Cc1ccccc1Cl)c1ccc(F)c(F)c1F. The van der Waals surface area contributed by atoms with E-state index in [1.807, 2.05) is 0 Å². The highest BCUT2D eigenvalue weighted by molar-refractivity contribution is 6.31. The second-order valence-electron chi connectivity index (χ2n) is 3.91. The highest BCUT2D eigenvalue weighted by Gasteiger charge is 2.19. The second-order valence-corrected chi connectivity index (χ2v) is 4.32. The maximum absolute atomic E-state index is 13.4. The number of halogens is 4. The van der Waals surface area contributed by atoms with Crippen LogP contribution < -0.4 is 0 Å². The van der Waals surface area contributed by atoms with Gasteiger partial charge in [0.2, 0.25) is 0 Å². The third kappa shape index (κ3) is 2.79. The molecule has 0 spiro atoms. The Morgan fingerprint density at radius 3 is 2.37 bits per heavy atom. The molecule has 0 aliphatic carbocycles. The van der Waals surface area contributed by atoms with Gasteiger partial charge in [0.25, 0.3) is 0 Å². The van der Waals surface area contributed by atoms with E-state index in [2.05, 4.69) is 0 Å². The first-order valence-corrected chi connectivity index (χ1v) is 5.78. The average Bonchev–Trinajstić information content (AvgIpc) is 2.39. The number of benzene rings is 2. The van der Waals surface area contributed by atoms with E-state index in [9.17, 15) is 18.0 Å². The molecule has 0 N–H and O–H groups in total. The van der Waals surface area contributed by atoms with Gasteiger partial charge in [0.05, 0.1) is 5.56 Å². The molecule has 0 aliphatic heterocycles. The van der Waals surface area contributed by atoms with Gasteiger partial charge >= 0.3 is 0 Å². The lowest BCUT2D eigenvalue weighted by atomic mass is 10.0. The smallest absolute Gasteiger partial charge is 0.195 e. The summed E-state index contributed by atoms with van der Waals surface area (Å²) in [6.45, 7) is 0. The van der Waals surface area contributed by atoms with Crippen LogP contribution in [0.15, 0.2) is 36.4 Å². The van der Waals surface area contributed by atoms with Gasteiger partial charge in [0, 0.05) is 11.4 Å². The Bertz CT molecular complexity index is 641. The van der Waals surface area contributed by atoms with Crippen LogP contribution in [0.4, 0.5) is 13.2 Å². The van der Waals surface area contributed by atoms with E-state index in [0.29, 0.717) is 10.6 Å². The van der Waals surface area contributed by atoms with E-state index in [0.717, 1.165) is 12.1 Å². The van der Waals surface area contributed by atoms with Gasteiger partial charge in [-0.05, 0) is 23.8 Å². The van der Waals surface area contributed by atoms with Gasteiger partial charge in [-0.1, -0.05) is 29.8 Å². The molecule has 0 unspecified atom stereocenters. The molecule has 2 rings (SSSR count). The Hall–Kier alpha value is -1.81. The zero-order valence-corrected chi connectivity index (χ0v) is 10.3. The summed E-state index contributed by atoms with van der Waals surface area (Å²) in [5.41, 5.74) is 0.0112. The van der Waals surface area contributed by atoms with E-state index in [1.165, 1.54) is 0 Å². The highest BCUT2D eigenvalue weighted by Crippen LogP contribution is 2.20. The molecule has 0 heterocycles. The largest absolute Gasteiger partial charge is 0.294 e. The van der Waals surface area contributed by atoms with Crippen LogP contribution in [0.5, 0.6) is 0 Å². The van der Waals surface area contributed by atoms with Crippen molar-refractivity contribution in [2.24, 2.45) is 0 Å². The topological polar surface area (TPSA) is 17.1 Å². The van der Waals surface area contributed by atoms with Crippen LogP contribution in [0, 0.1) is 17.5 Å². The zero-order chi connectivity index (χ0) is 14.0. The molecule has 2 aromatic rings. The van der Waals surface area contributed by atoms with Gasteiger partial charge < -0.3 is 0 Å². The van der Waals surface area contributed by atoms with Crippen LogP contribution in [0.1, 0.15) is 15.9 Å². The van der Waals surface area contributed by atoms with Gasteiger partial charge in [-0.15, -0.1) is 0 Å². The Morgan fingerprint density at radius 2 is 1.68 bits per heavy atom. The number of carbonyl (C=O) groups is 1. The normalized spacial score (nSPS) is 10.5. The summed E-state index contributed by atoms with van der Waals surface area (Å²) in [5, 5.41) is 0.360. The molecule has 98 valence electrons. The minimum Gasteiger partial charge on any atom is -0.294 e. The number of Topliss-reactive ketones (excluding diaryl/α,β-unsaturated/α-hetero) is 1. The molecule has 19 heavy (non-hydrogen) atoms. The van der Waals surface area contributed by atoms with Crippen molar-refractivity contribution in [1.82, 2.24) is 0 Å². The number of ketones is 1. The molecule has 0 atom stereocenters. The zero-order valence-electron chi connectivity index (χ0n) is 9.59.